The third kappa shape index (κ3) is 4.66. The first kappa shape index (κ1) is 22.4. The average molecular weight is 506 g/mol. The topological polar surface area (TPSA) is 54.1 Å². The van der Waals surface area contributed by atoms with Crippen LogP contribution in [-0.2, 0) is 0 Å². The number of rotatable bonds is 4. The molecule has 1 aliphatic rings. The summed E-state index contributed by atoms with van der Waals surface area (Å²) in [7, 11) is 0. The van der Waals surface area contributed by atoms with Gasteiger partial charge in [0.05, 0.1) is 28.9 Å². The van der Waals surface area contributed by atoms with E-state index in [1.165, 1.54) is 5.56 Å². The summed E-state index contributed by atoms with van der Waals surface area (Å²) in [4.78, 5) is 4.79. The Labute approximate surface area is 202 Å². The molecular weight excluding hydrogens is 484 g/mol. The van der Waals surface area contributed by atoms with Crippen molar-refractivity contribution in [1.29, 1.82) is 10.5 Å². The van der Waals surface area contributed by atoms with Crippen LogP contribution in [0.25, 0.3) is 0 Å². The maximum Gasteiger partial charge on any atom is 0.101 e. The molecule has 0 aliphatic carbocycles. The van der Waals surface area contributed by atoms with Crippen molar-refractivity contribution in [3.63, 3.8) is 0 Å². The Morgan fingerprint density at radius 2 is 1.69 bits per heavy atom. The summed E-state index contributed by atoms with van der Waals surface area (Å²) in [6.07, 6.45) is 0. The van der Waals surface area contributed by atoms with Gasteiger partial charge in [0, 0.05) is 35.2 Å². The minimum atomic E-state index is 0.0788. The van der Waals surface area contributed by atoms with Crippen molar-refractivity contribution in [2.24, 2.45) is 0 Å². The Kier molecular flexibility index (Phi) is 6.82. The fourth-order valence-electron chi connectivity index (χ4n) is 4.31. The van der Waals surface area contributed by atoms with Gasteiger partial charge in [-0.25, -0.2) is 0 Å². The zero-order chi connectivity index (χ0) is 22.7. The number of nitriles is 2. The molecule has 32 heavy (non-hydrogen) atoms. The second-order valence-corrected chi connectivity index (χ2v) is 9.29. The lowest BCUT2D eigenvalue weighted by Gasteiger charge is -2.45. The molecule has 0 saturated carbocycles. The van der Waals surface area contributed by atoms with E-state index in [1.807, 2.05) is 54.6 Å². The van der Waals surface area contributed by atoms with Gasteiger partial charge in [-0.05, 0) is 60.5 Å². The number of anilines is 1. The molecule has 1 saturated heterocycles. The number of nitrogens with zero attached hydrogens (tertiary/aromatic N) is 4. The molecule has 0 N–H and O–H groups in total. The quantitative estimate of drug-likeness (QED) is 0.408. The lowest BCUT2D eigenvalue weighted by Crippen LogP contribution is -2.49. The highest BCUT2D eigenvalue weighted by Crippen LogP contribution is 2.36. The summed E-state index contributed by atoms with van der Waals surface area (Å²) in [6.45, 7) is 4.68. The summed E-state index contributed by atoms with van der Waals surface area (Å²) >= 11 is 9.64. The first-order valence-corrected chi connectivity index (χ1v) is 11.6. The molecule has 6 heteroatoms. The SMILES string of the molecule is CC(c1ccc(C#N)cc1)N1CCN(c2ccc(Br)cc2C#N)C(c2ccc(Cl)cc2)C1. The highest BCUT2D eigenvalue weighted by atomic mass is 79.9. The van der Waals surface area contributed by atoms with Crippen LogP contribution < -0.4 is 4.90 Å². The zero-order valence-electron chi connectivity index (χ0n) is 17.7. The molecule has 3 aromatic rings. The van der Waals surface area contributed by atoms with Crippen molar-refractivity contribution in [2.75, 3.05) is 24.5 Å². The maximum atomic E-state index is 9.75. The van der Waals surface area contributed by atoms with Gasteiger partial charge in [-0.15, -0.1) is 0 Å². The third-order valence-corrected chi connectivity index (χ3v) is 6.87. The normalized spacial score (nSPS) is 17.4. The van der Waals surface area contributed by atoms with Gasteiger partial charge in [0.2, 0.25) is 0 Å². The summed E-state index contributed by atoms with van der Waals surface area (Å²) in [5, 5.41) is 19.6. The predicted molar refractivity (Wildman–Crippen MR) is 132 cm³/mol. The molecule has 4 rings (SSSR count). The number of hydrogen-bond acceptors (Lipinski definition) is 4. The molecule has 160 valence electrons. The molecule has 4 nitrogen and oxygen atoms in total. The molecular formula is C26H22BrClN4. The van der Waals surface area contributed by atoms with E-state index in [0.29, 0.717) is 16.1 Å². The summed E-state index contributed by atoms with van der Waals surface area (Å²) in [5.74, 6) is 0. The van der Waals surface area contributed by atoms with E-state index in [4.69, 9.17) is 16.9 Å². The molecule has 0 bridgehead atoms. The standard InChI is InChI=1S/C26H22BrClN4/c1-18(20-4-2-19(15-29)3-5-20)31-12-13-32(25-11-8-23(27)14-22(25)16-30)26(17-31)21-6-9-24(28)10-7-21/h2-11,14,18,26H,12-13,17H2,1H3. The van der Waals surface area contributed by atoms with Gasteiger partial charge in [0.1, 0.15) is 6.07 Å². The Morgan fingerprint density at radius 1 is 0.969 bits per heavy atom. The van der Waals surface area contributed by atoms with Crippen LogP contribution in [0.2, 0.25) is 5.02 Å². The molecule has 1 heterocycles. The second-order valence-electron chi connectivity index (χ2n) is 7.94. The molecule has 0 spiro atoms. The van der Waals surface area contributed by atoms with Gasteiger partial charge in [-0.2, -0.15) is 10.5 Å². The number of piperazine rings is 1. The van der Waals surface area contributed by atoms with E-state index in [2.05, 4.69) is 56.9 Å². The fraction of sp³-hybridized carbons (Fsp3) is 0.231. The lowest BCUT2D eigenvalue weighted by atomic mass is 9.97. The maximum absolute atomic E-state index is 9.75. The van der Waals surface area contributed by atoms with Crippen LogP contribution >= 0.6 is 27.5 Å². The van der Waals surface area contributed by atoms with Crippen molar-refractivity contribution < 1.29 is 0 Å². The van der Waals surface area contributed by atoms with Crippen molar-refractivity contribution in [2.45, 2.75) is 19.0 Å². The van der Waals surface area contributed by atoms with Gasteiger partial charge in [-0.3, -0.25) is 4.90 Å². The molecule has 0 radical (unpaired) electrons. The van der Waals surface area contributed by atoms with Crippen LogP contribution in [-0.4, -0.2) is 24.5 Å². The fourth-order valence-corrected chi connectivity index (χ4v) is 4.80. The molecule has 2 atom stereocenters. The van der Waals surface area contributed by atoms with Crippen LogP contribution in [0.3, 0.4) is 0 Å². The van der Waals surface area contributed by atoms with Crippen LogP contribution in [0.4, 0.5) is 5.69 Å². The van der Waals surface area contributed by atoms with Gasteiger partial charge in [0.15, 0.2) is 0 Å². The van der Waals surface area contributed by atoms with Crippen molar-refractivity contribution in [3.05, 3.63) is 98.5 Å². The number of hydrogen-bond donors (Lipinski definition) is 0. The van der Waals surface area contributed by atoms with Crippen LogP contribution in [0, 0.1) is 22.7 Å². The van der Waals surface area contributed by atoms with E-state index in [1.54, 1.807) is 0 Å². The Balaban J connectivity index is 1.67. The van der Waals surface area contributed by atoms with E-state index in [0.717, 1.165) is 35.4 Å². The van der Waals surface area contributed by atoms with Crippen LogP contribution in [0.15, 0.2) is 71.2 Å². The van der Waals surface area contributed by atoms with E-state index in [9.17, 15) is 5.26 Å². The van der Waals surface area contributed by atoms with E-state index >= 15 is 0 Å². The van der Waals surface area contributed by atoms with Crippen LogP contribution in [0.5, 0.6) is 0 Å². The monoisotopic (exact) mass is 504 g/mol. The molecule has 3 aromatic carbocycles. The van der Waals surface area contributed by atoms with Crippen molar-refractivity contribution in [3.8, 4) is 12.1 Å². The van der Waals surface area contributed by atoms with Gasteiger partial charge in [0.25, 0.3) is 0 Å². The first-order valence-electron chi connectivity index (χ1n) is 10.5. The van der Waals surface area contributed by atoms with Crippen LogP contribution in [0.1, 0.15) is 41.3 Å². The van der Waals surface area contributed by atoms with Gasteiger partial charge < -0.3 is 4.90 Å². The summed E-state index contributed by atoms with van der Waals surface area (Å²) < 4.78 is 0.897. The average Bonchev–Trinajstić information content (AvgIpc) is 2.84. The number of benzene rings is 3. The van der Waals surface area contributed by atoms with Gasteiger partial charge in [-0.1, -0.05) is 51.8 Å². The highest BCUT2D eigenvalue weighted by Gasteiger charge is 2.32. The largest absolute Gasteiger partial charge is 0.361 e. The summed E-state index contributed by atoms with van der Waals surface area (Å²) in [5.41, 5.74) is 4.63. The summed E-state index contributed by atoms with van der Waals surface area (Å²) in [6, 6.07) is 26.5. The Hall–Kier alpha value is -2.83. The lowest BCUT2D eigenvalue weighted by molar-refractivity contribution is 0.171. The van der Waals surface area contributed by atoms with E-state index < -0.39 is 0 Å². The smallest absolute Gasteiger partial charge is 0.101 e. The molecule has 1 aliphatic heterocycles. The minimum absolute atomic E-state index is 0.0788. The zero-order valence-corrected chi connectivity index (χ0v) is 20.0. The van der Waals surface area contributed by atoms with Crippen molar-refractivity contribution >= 4 is 33.2 Å². The molecule has 1 fully saturated rings. The molecule has 0 aromatic heterocycles. The predicted octanol–water partition coefficient (Wildman–Crippen LogP) is 6.47. The Bertz CT molecular complexity index is 1180. The third-order valence-electron chi connectivity index (χ3n) is 6.12. The van der Waals surface area contributed by atoms with Crippen molar-refractivity contribution in [1.82, 2.24) is 4.90 Å². The Morgan fingerprint density at radius 3 is 2.34 bits per heavy atom. The van der Waals surface area contributed by atoms with Gasteiger partial charge >= 0.3 is 0 Å². The first-order chi connectivity index (χ1) is 15.5. The van der Waals surface area contributed by atoms with E-state index in [-0.39, 0.29) is 12.1 Å². The molecule has 2 unspecified atom stereocenters. The molecule has 0 amide bonds. The highest BCUT2D eigenvalue weighted by molar-refractivity contribution is 9.10. The second kappa shape index (κ2) is 9.76. The minimum Gasteiger partial charge on any atom is -0.361 e. The number of halogens is 2.